The number of likely N-dealkylation sites (tertiary alicyclic amines) is 1. The highest BCUT2D eigenvalue weighted by Crippen LogP contribution is 2.51. The van der Waals surface area contributed by atoms with E-state index in [1.165, 1.54) is 6.07 Å². The predicted molar refractivity (Wildman–Crippen MR) is 148 cm³/mol. The third-order valence-corrected chi connectivity index (χ3v) is 9.52. The second-order valence-corrected chi connectivity index (χ2v) is 14.8. The molecule has 242 valence electrons. The predicted octanol–water partition coefficient (Wildman–Crippen LogP) is 4.59. The number of fused-ring (bicyclic) bond motifs is 1. The number of carboxylic acids is 1. The number of ether oxygens (including phenoxy) is 1. The maximum atomic E-state index is 14.1. The number of imide groups is 1. The number of halogens is 5. The number of Topliss-reactive ketones (excluding diaryl/α,β-unsaturated/α-hetero) is 1. The lowest BCUT2D eigenvalue weighted by molar-refractivity contribution is -0.196. The molecule has 0 unspecified atom stereocenters. The van der Waals surface area contributed by atoms with Gasteiger partial charge in [-0.15, -0.1) is 0 Å². The summed E-state index contributed by atoms with van der Waals surface area (Å²) in [6, 6.07) is 2.27. The SMILES string of the molecule is C[SiH](C)O[C@](C)([C@H]1C(=O)N(C(=O)C(=O)O)[C@@H]1[C@H]1CCc2ccc(C(=O)Oc3c(F)c(F)c(F)c(F)c3F)cc2C1=O)C(C)(C)C. The van der Waals surface area contributed by atoms with E-state index in [1.54, 1.807) is 6.92 Å². The smallest absolute Gasteiger partial charge is 0.395 e. The summed E-state index contributed by atoms with van der Waals surface area (Å²) in [4.78, 5) is 65.2. The summed E-state index contributed by atoms with van der Waals surface area (Å²) in [5.41, 5.74) is -2.07. The first-order valence-electron chi connectivity index (χ1n) is 13.9. The average molecular weight is 656 g/mol. The van der Waals surface area contributed by atoms with E-state index in [2.05, 4.69) is 4.74 Å². The summed E-state index contributed by atoms with van der Waals surface area (Å²) in [6.45, 7) is 10.9. The quantitative estimate of drug-likeness (QED) is 0.0700. The summed E-state index contributed by atoms with van der Waals surface area (Å²) in [6.07, 6.45) is 0.286. The van der Waals surface area contributed by atoms with Gasteiger partial charge in [0.2, 0.25) is 40.7 Å². The largest absolute Gasteiger partial charge is 0.474 e. The Balaban J connectivity index is 1.74. The number of esters is 1. The van der Waals surface area contributed by atoms with Gasteiger partial charge in [0.25, 0.3) is 0 Å². The first kappa shape index (κ1) is 33.9. The molecule has 1 saturated heterocycles. The monoisotopic (exact) mass is 655 g/mol. The molecule has 1 heterocycles. The minimum absolute atomic E-state index is 0.0875. The molecular formula is C30H30F5NO8Si. The Bertz CT molecular complexity index is 1610. The number of benzene rings is 2. The average Bonchev–Trinajstić information content (AvgIpc) is 2.95. The zero-order chi connectivity index (χ0) is 33.9. The number of aliphatic carboxylic acids is 1. The van der Waals surface area contributed by atoms with Crippen LogP contribution < -0.4 is 4.74 Å². The second-order valence-electron chi connectivity index (χ2n) is 12.5. The lowest BCUT2D eigenvalue weighted by atomic mass is 9.59. The van der Waals surface area contributed by atoms with Gasteiger partial charge in [0.15, 0.2) is 14.8 Å². The van der Waals surface area contributed by atoms with Gasteiger partial charge in [-0.05, 0) is 56.0 Å². The molecule has 1 aliphatic heterocycles. The number of carbonyl (C=O) groups excluding carboxylic acids is 4. The van der Waals surface area contributed by atoms with Crippen LogP contribution >= 0.6 is 0 Å². The molecule has 0 saturated carbocycles. The molecular weight excluding hydrogens is 625 g/mol. The second kappa shape index (κ2) is 11.7. The van der Waals surface area contributed by atoms with Crippen molar-refractivity contribution >= 4 is 38.6 Å². The third-order valence-electron chi connectivity index (χ3n) is 8.56. The minimum atomic E-state index is -2.44. The van der Waals surface area contributed by atoms with Crippen LogP contribution in [0.3, 0.4) is 0 Å². The molecule has 2 aromatic rings. The van der Waals surface area contributed by atoms with E-state index in [1.807, 2.05) is 33.9 Å². The van der Waals surface area contributed by atoms with Gasteiger partial charge in [-0.25, -0.2) is 22.8 Å². The maximum absolute atomic E-state index is 14.1. The molecule has 0 radical (unpaired) electrons. The third kappa shape index (κ3) is 5.56. The fourth-order valence-corrected chi connectivity index (χ4v) is 7.45. The van der Waals surface area contributed by atoms with Gasteiger partial charge >= 0.3 is 17.8 Å². The molecule has 0 bridgehead atoms. The number of nitrogens with zero attached hydrogens (tertiary/aromatic N) is 1. The Morgan fingerprint density at radius 3 is 2.00 bits per heavy atom. The molecule has 1 fully saturated rings. The first-order chi connectivity index (χ1) is 20.7. The highest BCUT2D eigenvalue weighted by molar-refractivity contribution is 6.48. The molecule has 2 aliphatic rings. The van der Waals surface area contributed by atoms with E-state index in [-0.39, 0.29) is 18.4 Å². The number of ketones is 1. The molecule has 2 amide bonds. The maximum Gasteiger partial charge on any atom is 0.395 e. The molecule has 0 spiro atoms. The van der Waals surface area contributed by atoms with E-state index in [0.29, 0.717) is 10.5 Å². The highest BCUT2D eigenvalue weighted by atomic mass is 28.3. The number of aryl methyl sites for hydroxylation is 1. The fourth-order valence-electron chi connectivity index (χ4n) is 5.97. The molecule has 15 heteroatoms. The number of rotatable bonds is 6. The van der Waals surface area contributed by atoms with E-state index in [4.69, 9.17) is 4.43 Å². The summed E-state index contributed by atoms with van der Waals surface area (Å²) in [7, 11) is -1.86. The van der Waals surface area contributed by atoms with Gasteiger partial charge in [-0.3, -0.25) is 19.3 Å². The van der Waals surface area contributed by atoms with Crippen LogP contribution in [0.4, 0.5) is 22.0 Å². The van der Waals surface area contributed by atoms with Crippen molar-refractivity contribution in [2.45, 2.75) is 65.3 Å². The van der Waals surface area contributed by atoms with E-state index < -0.39 is 108 Å². The molecule has 45 heavy (non-hydrogen) atoms. The van der Waals surface area contributed by atoms with E-state index >= 15 is 0 Å². The van der Waals surface area contributed by atoms with Gasteiger partial charge < -0.3 is 14.3 Å². The zero-order valence-electron chi connectivity index (χ0n) is 25.1. The van der Waals surface area contributed by atoms with Gasteiger partial charge in [0.05, 0.1) is 23.1 Å². The fraction of sp³-hybridized carbons (Fsp3) is 0.433. The number of amides is 2. The summed E-state index contributed by atoms with van der Waals surface area (Å²) in [5.74, 6) is -22.3. The first-order valence-corrected chi connectivity index (χ1v) is 16.7. The van der Waals surface area contributed by atoms with Crippen LogP contribution in [0.15, 0.2) is 18.2 Å². The van der Waals surface area contributed by atoms with Crippen LogP contribution in [-0.4, -0.2) is 60.2 Å². The van der Waals surface area contributed by atoms with Crippen LogP contribution in [0.1, 0.15) is 60.4 Å². The van der Waals surface area contributed by atoms with Gasteiger partial charge in [0, 0.05) is 11.5 Å². The van der Waals surface area contributed by atoms with Crippen LogP contribution in [0, 0.1) is 46.3 Å². The van der Waals surface area contributed by atoms with E-state index in [9.17, 15) is 51.0 Å². The molecule has 2 aromatic carbocycles. The molecule has 9 nitrogen and oxygen atoms in total. The summed E-state index contributed by atoms with van der Waals surface area (Å²) in [5, 5.41) is 9.45. The normalized spacial score (nSPS) is 21.2. The Labute approximate surface area is 256 Å². The standard InChI is InChI=1S/C30H30F5NO8Si/c1-29(2,3)30(4,44-45(5)6)16-22(36(25(16)38)26(39)27(40)41)14-10-9-12-7-8-13(11-15(12)23(14)37)28(42)43-24-20(34)18(32)17(31)19(33)21(24)35/h7-8,11,14,16,22,45H,9-10H2,1-6H3,(H,40,41)/t14-,16-,22-,30-/m1/s1. The van der Waals surface area contributed by atoms with E-state index in [0.717, 1.165) is 12.1 Å². The summed E-state index contributed by atoms with van der Waals surface area (Å²) >= 11 is 0. The molecule has 1 aliphatic carbocycles. The number of hydrogen-bond donors (Lipinski definition) is 1. The lowest BCUT2D eigenvalue weighted by Crippen LogP contribution is -2.76. The van der Waals surface area contributed by atoms with Crippen LogP contribution in [-0.2, 0) is 25.2 Å². The van der Waals surface area contributed by atoms with Gasteiger partial charge in [-0.2, -0.15) is 8.78 Å². The number of β-lactam (4-membered cyclic amide) rings is 1. The summed E-state index contributed by atoms with van der Waals surface area (Å²) < 4.78 is 79.8. The molecule has 4 atom stereocenters. The van der Waals surface area contributed by atoms with Crippen molar-refractivity contribution in [2.24, 2.45) is 17.3 Å². The number of carboxylic acid groups (broad SMARTS) is 1. The minimum Gasteiger partial charge on any atom is -0.474 e. The van der Waals surface area contributed by atoms with Crippen molar-refractivity contribution in [3.8, 4) is 5.75 Å². The van der Waals surface area contributed by atoms with Crippen molar-refractivity contribution in [3.05, 3.63) is 64.0 Å². The highest BCUT2D eigenvalue weighted by Gasteiger charge is 2.66. The zero-order valence-corrected chi connectivity index (χ0v) is 26.3. The van der Waals surface area contributed by atoms with Crippen molar-refractivity contribution in [1.29, 1.82) is 0 Å². The van der Waals surface area contributed by atoms with Crippen molar-refractivity contribution in [2.75, 3.05) is 0 Å². The van der Waals surface area contributed by atoms with Crippen LogP contribution in [0.5, 0.6) is 5.75 Å². The van der Waals surface area contributed by atoms with Crippen LogP contribution in [0.25, 0.3) is 0 Å². The molecule has 1 N–H and O–H groups in total. The number of hydrogen-bond acceptors (Lipinski definition) is 7. The lowest BCUT2D eigenvalue weighted by Gasteiger charge is -2.59. The Morgan fingerprint density at radius 2 is 1.49 bits per heavy atom. The Hall–Kier alpha value is -3.98. The Morgan fingerprint density at radius 1 is 0.933 bits per heavy atom. The van der Waals surface area contributed by atoms with Crippen molar-refractivity contribution < 1.29 is 60.2 Å². The molecule has 4 rings (SSSR count). The van der Waals surface area contributed by atoms with Crippen molar-refractivity contribution in [3.63, 3.8) is 0 Å². The van der Waals surface area contributed by atoms with Crippen LogP contribution in [0.2, 0.25) is 13.1 Å². The van der Waals surface area contributed by atoms with Crippen molar-refractivity contribution in [1.82, 2.24) is 4.90 Å². The van der Waals surface area contributed by atoms with Gasteiger partial charge in [-0.1, -0.05) is 26.8 Å². The number of carbonyl (C=O) groups is 5. The Kier molecular flexibility index (Phi) is 8.85. The van der Waals surface area contributed by atoms with Gasteiger partial charge in [0.1, 0.15) is 0 Å². The molecule has 0 aromatic heterocycles. The topological polar surface area (TPSA) is 127 Å².